The lowest BCUT2D eigenvalue weighted by atomic mass is 10.3. The van der Waals surface area contributed by atoms with E-state index in [9.17, 15) is 22.9 Å². The van der Waals surface area contributed by atoms with Crippen LogP contribution in [0.2, 0.25) is 15.1 Å². The molecule has 0 aliphatic heterocycles. The third-order valence-corrected chi connectivity index (χ3v) is 5.22. The average Bonchev–Trinajstić information content (AvgIpc) is 2.44. The Kier molecular flexibility index (Phi) is 5.00. The molecule has 11 heteroatoms. The number of halogens is 4. The van der Waals surface area contributed by atoms with E-state index in [2.05, 4.69) is 0 Å². The number of rotatable bonds is 4. The van der Waals surface area contributed by atoms with Crippen LogP contribution in [0.4, 0.5) is 15.8 Å². The molecular weight excluding hydrogens is 394 g/mol. The van der Waals surface area contributed by atoms with Gasteiger partial charge in [-0.1, -0.05) is 34.8 Å². The van der Waals surface area contributed by atoms with E-state index in [1.807, 2.05) is 4.72 Å². The summed E-state index contributed by atoms with van der Waals surface area (Å²) in [5, 5.41) is 10.4. The number of hydrogen-bond acceptors (Lipinski definition) is 4. The Labute approximate surface area is 145 Å². The number of non-ortho nitro benzene ring substituents is 1. The van der Waals surface area contributed by atoms with Crippen molar-refractivity contribution in [3.63, 3.8) is 0 Å². The Bertz CT molecular complexity index is 905. The van der Waals surface area contributed by atoms with Gasteiger partial charge in [0, 0.05) is 12.1 Å². The number of sulfonamides is 1. The van der Waals surface area contributed by atoms with Crippen LogP contribution in [-0.2, 0) is 10.0 Å². The van der Waals surface area contributed by atoms with Crippen LogP contribution >= 0.6 is 34.8 Å². The third kappa shape index (κ3) is 3.84. The minimum Gasteiger partial charge on any atom is -0.276 e. The molecule has 0 saturated carbocycles. The highest BCUT2D eigenvalue weighted by Crippen LogP contribution is 2.33. The zero-order valence-corrected chi connectivity index (χ0v) is 14.0. The molecule has 0 bridgehead atoms. The normalized spacial score (nSPS) is 11.3. The van der Waals surface area contributed by atoms with Crippen LogP contribution in [0.25, 0.3) is 0 Å². The smallest absolute Gasteiger partial charge is 0.271 e. The summed E-state index contributed by atoms with van der Waals surface area (Å²) < 4.78 is 40.2. The van der Waals surface area contributed by atoms with Crippen molar-refractivity contribution < 1.29 is 17.7 Å². The molecule has 23 heavy (non-hydrogen) atoms. The number of nitro groups is 1. The predicted octanol–water partition coefficient (Wildman–Crippen LogP) is 4.49. The largest absolute Gasteiger partial charge is 0.276 e. The fraction of sp³-hybridized carbons (Fsp3) is 0. The zero-order valence-electron chi connectivity index (χ0n) is 10.9. The zero-order chi connectivity index (χ0) is 17.4. The van der Waals surface area contributed by atoms with Crippen LogP contribution in [0, 0.1) is 15.9 Å². The summed E-state index contributed by atoms with van der Waals surface area (Å²) in [6.45, 7) is 0. The van der Waals surface area contributed by atoms with Crippen molar-refractivity contribution in [1.29, 1.82) is 0 Å². The number of nitrogens with one attached hydrogen (secondary N) is 1. The average molecular weight is 400 g/mol. The van der Waals surface area contributed by atoms with Gasteiger partial charge in [0.15, 0.2) is 0 Å². The van der Waals surface area contributed by atoms with Gasteiger partial charge in [0.2, 0.25) is 0 Å². The van der Waals surface area contributed by atoms with Gasteiger partial charge in [-0.3, -0.25) is 14.8 Å². The van der Waals surface area contributed by atoms with Crippen molar-refractivity contribution in [3.8, 4) is 0 Å². The maximum atomic E-state index is 13.7. The van der Waals surface area contributed by atoms with Crippen molar-refractivity contribution in [3.05, 3.63) is 61.3 Å². The first-order valence-corrected chi connectivity index (χ1v) is 8.35. The van der Waals surface area contributed by atoms with Crippen molar-refractivity contribution in [2.75, 3.05) is 4.72 Å². The lowest BCUT2D eigenvalue weighted by Gasteiger charge is -2.11. The fourth-order valence-electron chi connectivity index (χ4n) is 1.62. The minimum absolute atomic E-state index is 0.0390. The van der Waals surface area contributed by atoms with Crippen LogP contribution in [-0.4, -0.2) is 13.3 Å². The highest BCUT2D eigenvalue weighted by molar-refractivity contribution is 7.92. The van der Waals surface area contributed by atoms with E-state index in [4.69, 9.17) is 34.8 Å². The maximum Gasteiger partial charge on any atom is 0.271 e. The number of anilines is 1. The van der Waals surface area contributed by atoms with E-state index in [1.54, 1.807) is 0 Å². The minimum atomic E-state index is -4.34. The van der Waals surface area contributed by atoms with E-state index in [-0.39, 0.29) is 15.1 Å². The van der Waals surface area contributed by atoms with Gasteiger partial charge >= 0.3 is 0 Å². The van der Waals surface area contributed by atoms with Gasteiger partial charge in [0.25, 0.3) is 15.7 Å². The molecule has 0 spiro atoms. The molecule has 0 amide bonds. The molecule has 0 atom stereocenters. The van der Waals surface area contributed by atoms with Crippen molar-refractivity contribution in [2.24, 2.45) is 0 Å². The fourth-order valence-corrected chi connectivity index (χ4v) is 3.68. The summed E-state index contributed by atoms with van der Waals surface area (Å²) >= 11 is 17.3. The summed E-state index contributed by atoms with van der Waals surface area (Å²) in [5.41, 5.74) is -1.08. The number of hydrogen-bond donors (Lipinski definition) is 1. The first kappa shape index (κ1) is 17.7. The van der Waals surface area contributed by atoms with E-state index < -0.39 is 37.0 Å². The molecule has 2 aromatic carbocycles. The van der Waals surface area contributed by atoms with Gasteiger partial charge < -0.3 is 0 Å². The summed E-state index contributed by atoms with van der Waals surface area (Å²) in [7, 11) is -4.34. The Balaban J connectivity index is 2.49. The molecule has 1 N–H and O–H groups in total. The molecule has 6 nitrogen and oxygen atoms in total. The Hall–Kier alpha value is -1.61. The first-order chi connectivity index (χ1) is 10.6. The van der Waals surface area contributed by atoms with Crippen molar-refractivity contribution in [1.82, 2.24) is 0 Å². The summed E-state index contributed by atoms with van der Waals surface area (Å²) in [4.78, 5) is 9.46. The van der Waals surface area contributed by atoms with E-state index in [0.29, 0.717) is 0 Å². The molecule has 2 aromatic rings. The van der Waals surface area contributed by atoms with Crippen molar-refractivity contribution in [2.45, 2.75) is 4.90 Å². The van der Waals surface area contributed by atoms with E-state index in [0.717, 1.165) is 30.3 Å². The molecule has 2 rings (SSSR count). The summed E-state index contributed by atoms with van der Waals surface area (Å²) in [6.07, 6.45) is 0. The van der Waals surface area contributed by atoms with Crippen LogP contribution < -0.4 is 4.72 Å². The molecule has 0 fully saturated rings. The number of benzene rings is 2. The van der Waals surface area contributed by atoms with Gasteiger partial charge in [0.05, 0.1) is 25.7 Å². The van der Waals surface area contributed by atoms with E-state index >= 15 is 0 Å². The molecule has 0 radical (unpaired) electrons. The standard InChI is InChI=1S/C12H6Cl3FN2O4S/c13-7-4-9(15)12(5-8(7)14)23(21,22)17-11-3-6(18(19)20)1-2-10(11)16/h1-5,17H. The van der Waals surface area contributed by atoms with Crippen molar-refractivity contribution >= 4 is 56.2 Å². The van der Waals surface area contributed by atoms with E-state index in [1.165, 1.54) is 0 Å². The van der Waals surface area contributed by atoms with Gasteiger partial charge in [-0.05, 0) is 18.2 Å². The second-order valence-corrected chi connectivity index (χ2v) is 7.10. The molecular formula is C12H6Cl3FN2O4S. The third-order valence-electron chi connectivity index (χ3n) is 2.67. The van der Waals surface area contributed by atoms with Crippen LogP contribution in [0.15, 0.2) is 35.2 Å². The molecule has 0 heterocycles. The molecule has 0 unspecified atom stereocenters. The monoisotopic (exact) mass is 398 g/mol. The highest BCUT2D eigenvalue weighted by atomic mass is 35.5. The van der Waals surface area contributed by atoms with Crippen LogP contribution in [0.5, 0.6) is 0 Å². The summed E-state index contributed by atoms with van der Waals surface area (Å²) in [6, 6.07) is 4.53. The molecule has 122 valence electrons. The first-order valence-electron chi connectivity index (χ1n) is 5.73. The molecule has 0 aliphatic rings. The number of nitrogens with zero attached hydrogens (tertiary/aromatic N) is 1. The highest BCUT2D eigenvalue weighted by Gasteiger charge is 2.22. The molecule has 0 saturated heterocycles. The maximum absolute atomic E-state index is 13.7. The molecule has 0 aromatic heterocycles. The van der Waals surface area contributed by atoms with Gasteiger partial charge in [-0.2, -0.15) is 0 Å². The SMILES string of the molecule is O=[N+]([O-])c1ccc(F)c(NS(=O)(=O)c2cc(Cl)c(Cl)cc2Cl)c1. The number of nitro benzene ring substituents is 1. The van der Waals surface area contributed by atoms with Gasteiger partial charge in [-0.15, -0.1) is 0 Å². The Morgan fingerprint density at radius 3 is 2.26 bits per heavy atom. The lowest BCUT2D eigenvalue weighted by Crippen LogP contribution is -2.14. The van der Waals surface area contributed by atoms with Crippen LogP contribution in [0.3, 0.4) is 0 Å². The van der Waals surface area contributed by atoms with Gasteiger partial charge in [0.1, 0.15) is 10.7 Å². The van der Waals surface area contributed by atoms with Gasteiger partial charge in [-0.25, -0.2) is 12.8 Å². The predicted molar refractivity (Wildman–Crippen MR) is 85.3 cm³/mol. The van der Waals surface area contributed by atoms with Crippen LogP contribution in [0.1, 0.15) is 0 Å². The summed E-state index contributed by atoms with van der Waals surface area (Å²) in [5.74, 6) is -0.990. The molecule has 0 aliphatic carbocycles. The Morgan fingerprint density at radius 1 is 1.04 bits per heavy atom. The second-order valence-electron chi connectivity index (χ2n) is 4.22. The quantitative estimate of drug-likeness (QED) is 0.466. The topological polar surface area (TPSA) is 89.3 Å². The Morgan fingerprint density at radius 2 is 1.65 bits per heavy atom. The second kappa shape index (κ2) is 6.48. The lowest BCUT2D eigenvalue weighted by molar-refractivity contribution is -0.384.